The zero-order chi connectivity index (χ0) is 22.0. The van der Waals surface area contributed by atoms with Gasteiger partial charge in [0.15, 0.2) is 28.6 Å². The van der Waals surface area contributed by atoms with Crippen LogP contribution in [-0.4, -0.2) is 40.1 Å². The third kappa shape index (κ3) is 4.57. The molecule has 1 amide bonds. The van der Waals surface area contributed by atoms with Crippen molar-refractivity contribution in [3.05, 3.63) is 52.8 Å². The van der Waals surface area contributed by atoms with Crippen molar-refractivity contribution in [3.8, 4) is 17.2 Å². The summed E-state index contributed by atoms with van der Waals surface area (Å²) >= 11 is 7.40. The van der Waals surface area contributed by atoms with Gasteiger partial charge in [0.1, 0.15) is 12.4 Å². The molecule has 0 bridgehead atoms. The number of methoxy groups -OCH3 is 1. The lowest BCUT2D eigenvalue weighted by atomic mass is 10.2. The van der Waals surface area contributed by atoms with Crippen molar-refractivity contribution in [1.82, 2.24) is 14.8 Å². The van der Waals surface area contributed by atoms with Crippen molar-refractivity contribution < 1.29 is 19.0 Å². The molecule has 0 saturated carbocycles. The predicted molar refractivity (Wildman–Crippen MR) is 118 cm³/mol. The van der Waals surface area contributed by atoms with Gasteiger partial charge in [-0.25, -0.2) is 0 Å². The number of para-hydroxylation sites is 2. The Morgan fingerprint density at radius 1 is 1.32 bits per heavy atom. The third-order valence-electron chi connectivity index (χ3n) is 4.75. The molecule has 10 heteroatoms. The van der Waals surface area contributed by atoms with Crippen molar-refractivity contribution in [3.63, 3.8) is 0 Å². The first-order valence-corrected chi connectivity index (χ1v) is 10.9. The van der Waals surface area contributed by atoms with E-state index in [2.05, 4.69) is 15.5 Å². The Balaban J connectivity index is 1.40. The van der Waals surface area contributed by atoms with Crippen LogP contribution in [0.4, 0.5) is 5.69 Å². The van der Waals surface area contributed by atoms with E-state index in [1.54, 1.807) is 12.1 Å². The predicted octanol–water partition coefficient (Wildman–Crippen LogP) is 4.03. The lowest BCUT2D eigenvalue weighted by Crippen LogP contribution is -2.24. The molecule has 162 valence electrons. The second-order valence-electron chi connectivity index (χ2n) is 6.90. The highest BCUT2D eigenvalue weighted by molar-refractivity contribution is 7.99. The van der Waals surface area contributed by atoms with Gasteiger partial charge in [0.05, 0.1) is 18.6 Å². The van der Waals surface area contributed by atoms with Crippen LogP contribution in [-0.2, 0) is 11.8 Å². The number of halogens is 1. The molecule has 1 aliphatic heterocycles. The fourth-order valence-electron chi connectivity index (χ4n) is 3.13. The van der Waals surface area contributed by atoms with Crippen molar-refractivity contribution in [2.45, 2.75) is 18.2 Å². The number of rotatable bonds is 6. The Morgan fingerprint density at radius 3 is 2.87 bits per heavy atom. The normalized spacial score (nSPS) is 14.9. The summed E-state index contributed by atoms with van der Waals surface area (Å²) < 4.78 is 18.9. The topological polar surface area (TPSA) is 87.5 Å². The van der Waals surface area contributed by atoms with Crippen molar-refractivity contribution in [2.75, 3.05) is 24.8 Å². The molecule has 1 N–H and O–H groups in total. The summed E-state index contributed by atoms with van der Waals surface area (Å²) in [5, 5.41) is 12.5. The smallest absolute Gasteiger partial charge is 0.234 e. The average Bonchev–Trinajstić information content (AvgIpc) is 3.14. The maximum Gasteiger partial charge on any atom is 0.234 e. The molecule has 8 nitrogen and oxygen atoms in total. The number of carbonyl (C=O) groups excluding carboxylic acids is 1. The number of carbonyl (C=O) groups is 1. The minimum Gasteiger partial charge on any atom is -0.495 e. The number of fused-ring (bicyclic) bond motifs is 1. The highest BCUT2D eigenvalue weighted by atomic mass is 35.5. The van der Waals surface area contributed by atoms with Crippen LogP contribution < -0.4 is 19.5 Å². The second kappa shape index (κ2) is 9.07. The van der Waals surface area contributed by atoms with Gasteiger partial charge in [0, 0.05) is 18.1 Å². The summed E-state index contributed by atoms with van der Waals surface area (Å²) in [5.74, 6) is 2.47. The standard InChI is InChI=1S/C21H21ClN4O4S/c1-12-8-14(17(28-3)9-13(12)22)23-19(27)11-31-21-25-24-20(26(21)2)18-10-29-15-6-4-5-7-16(15)30-18/h4-9,18H,10-11H2,1-3H3,(H,23,27). The molecule has 2 aromatic carbocycles. The van der Waals surface area contributed by atoms with Crippen LogP contribution >= 0.6 is 23.4 Å². The van der Waals surface area contributed by atoms with E-state index in [1.807, 2.05) is 42.8 Å². The van der Waals surface area contributed by atoms with Crippen LogP contribution in [0.15, 0.2) is 41.6 Å². The first-order chi connectivity index (χ1) is 15.0. The molecular weight excluding hydrogens is 440 g/mol. The van der Waals surface area contributed by atoms with Gasteiger partial charge in [0.25, 0.3) is 0 Å². The number of thioether (sulfide) groups is 1. The molecule has 1 unspecified atom stereocenters. The minimum atomic E-state index is -0.378. The Labute approximate surface area is 188 Å². The summed E-state index contributed by atoms with van der Waals surface area (Å²) in [4.78, 5) is 12.5. The van der Waals surface area contributed by atoms with E-state index >= 15 is 0 Å². The van der Waals surface area contributed by atoms with Crippen molar-refractivity contribution >= 4 is 35.0 Å². The molecule has 3 aromatic rings. The number of aromatic nitrogens is 3. The Hall–Kier alpha value is -2.91. The van der Waals surface area contributed by atoms with E-state index in [4.69, 9.17) is 25.8 Å². The highest BCUT2D eigenvalue weighted by Gasteiger charge is 2.27. The zero-order valence-electron chi connectivity index (χ0n) is 17.2. The number of ether oxygens (including phenoxy) is 3. The number of nitrogens with one attached hydrogen (secondary N) is 1. The van der Waals surface area contributed by atoms with Gasteiger partial charge in [-0.05, 0) is 30.7 Å². The summed E-state index contributed by atoms with van der Waals surface area (Å²) in [6.45, 7) is 2.20. The summed E-state index contributed by atoms with van der Waals surface area (Å²) in [6, 6.07) is 11.0. The number of anilines is 1. The Morgan fingerprint density at radius 2 is 2.10 bits per heavy atom. The molecule has 0 saturated heterocycles. The van der Waals surface area contributed by atoms with Crippen molar-refractivity contribution in [1.29, 1.82) is 0 Å². The molecule has 1 atom stereocenters. The molecule has 1 aliphatic rings. The van der Waals surface area contributed by atoms with E-state index in [0.717, 1.165) is 5.56 Å². The molecule has 4 rings (SSSR count). The lowest BCUT2D eigenvalue weighted by molar-refractivity contribution is -0.113. The number of benzene rings is 2. The summed E-state index contributed by atoms with van der Waals surface area (Å²) in [7, 11) is 3.37. The zero-order valence-corrected chi connectivity index (χ0v) is 18.8. The molecular formula is C21H21ClN4O4S. The molecule has 2 heterocycles. The Bertz CT molecular complexity index is 1120. The van der Waals surface area contributed by atoms with E-state index < -0.39 is 0 Å². The van der Waals surface area contributed by atoms with Crippen LogP contribution in [0.1, 0.15) is 17.5 Å². The number of amides is 1. The maximum absolute atomic E-state index is 12.5. The molecule has 0 spiro atoms. The van der Waals surface area contributed by atoms with Crippen LogP contribution in [0.25, 0.3) is 0 Å². The third-order valence-corrected chi connectivity index (χ3v) is 6.18. The quantitative estimate of drug-likeness (QED) is 0.555. The van der Waals surface area contributed by atoms with E-state index in [9.17, 15) is 4.79 Å². The fourth-order valence-corrected chi connectivity index (χ4v) is 4.00. The van der Waals surface area contributed by atoms with Gasteiger partial charge in [-0.3, -0.25) is 4.79 Å². The first kappa shape index (κ1) is 21.3. The second-order valence-corrected chi connectivity index (χ2v) is 8.25. The minimum absolute atomic E-state index is 0.154. The molecule has 0 fully saturated rings. The van der Waals surface area contributed by atoms with Gasteiger partial charge in [0.2, 0.25) is 5.91 Å². The van der Waals surface area contributed by atoms with E-state index in [0.29, 0.717) is 45.5 Å². The molecule has 0 aliphatic carbocycles. The molecule has 1 aromatic heterocycles. The largest absolute Gasteiger partial charge is 0.495 e. The van der Waals surface area contributed by atoms with Crippen molar-refractivity contribution in [2.24, 2.45) is 7.05 Å². The summed E-state index contributed by atoms with van der Waals surface area (Å²) in [5.41, 5.74) is 1.42. The monoisotopic (exact) mass is 460 g/mol. The number of aryl methyl sites for hydroxylation is 1. The Kier molecular flexibility index (Phi) is 6.24. The van der Waals surface area contributed by atoms with Gasteiger partial charge in [-0.2, -0.15) is 0 Å². The average molecular weight is 461 g/mol. The number of hydrogen-bond donors (Lipinski definition) is 1. The van der Waals surface area contributed by atoms with Gasteiger partial charge >= 0.3 is 0 Å². The molecule has 31 heavy (non-hydrogen) atoms. The van der Waals surface area contributed by atoms with Gasteiger partial charge < -0.3 is 24.1 Å². The SMILES string of the molecule is COc1cc(Cl)c(C)cc1NC(=O)CSc1nnc(C2COc3ccccc3O2)n1C. The van der Waals surface area contributed by atoms with Crippen LogP contribution in [0.5, 0.6) is 17.2 Å². The maximum atomic E-state index is 12.5. The lowest BCUT2D eigenvalue weighted by Gasteiger charge is -2.25. The van der Waals surface area contributed by atoms with Crippen LogP contribution in [0.3, 0.4) is 0 Å². The van der Waals surface area contributed by atoms with E-state index in [1.165, 1.54) is 18.9 Å². The number of nitrogens with zero attached hydrogens (tertiary/aromatic N) is 3. The van der Waals surface area contributed by atoms with Crippen LogP contribution in [0.2, 0.25) is 5.02 Å². The van der Waals surface area contributed by atoms with Crippen LogP contribution in [0, 0.1) is 6.92 Å². The summed E-state index contributed by atoms with van der Waals surface area (Å²) in [6.07, 6.45) is -0.378. The highest BCUT2D eigenvalue weighted by Crippen LogP contribution is 2.36. The van der Waals surface area contributed by atoms with E-state index in [-0.39, 0.29) is 17.8 Å². The fraction of sp³-hybridized carbons (Fsp3) is 0.286. The van der Waals surface area contributed by atoms with Gasteiger partial charge in [-0.15, -0.1) is 10.2 Å². The molecule has 0 radical (unpaired) electrons. The number of hydrogen-bond acceptors (Lipinski definition) is 7. The van der Waals surface area contributed by atoms with Gasteiger partial charge in [-0.1, -0.05) is 35.5 Å². The first-order valence-electron chi connectivity index (χ1n) is 9.51.